The van der Waals surface area contributed by atoms with E-state index >= 15 is 0 Å². The second-order valence-corrected chi connectivity index (χ2v) is 32.4. The fourth-order valence-electron chi connectivity index (χ4n) is 14.7. The molecule has 3 aliphatic rings. The second-order valence-electron chi connectivity index (χ2n) is 32.4. The SMILES string of the molecule is CC/C=C\C/C=C\C/C=C\C/C=C\C/C=C\C/C=C\C/C=C\C/C=C\C/C=C\C/C=C\CCCCCCCCCCCCC(=O)NC(COC1OC(CO)C(OC2OC(CO)C(OC3OC(CO)C(O)C(O)C3O)C(O)C2O)C(O)C1O)C(O)/C=C/CC/C=C/CC/C=C/CCCCCCCCCCCCCCCCCCCCCCCC. The molecule has 0 aromatic heterocycles. The quantitative estimate of drug-likeness (QED) is 0.0199. The van der Waals surface area contributed by atoms with Crippen LogP contribution in [-0.2, 0) is 33.2 Å². The molecule has 19 nitrogen and oxygen atoms in total. The highest BCUT2D eigenvalue weighted by Gasteiger charge is 2.54. The minimum Gasteiger partial charge on any atom is -0.394 e. The number of amides is 1. The summed E-state index contributed by atoms with van der Waals surface area (Å²) in [6.45, 7) is 1.62. The van der Waals surface area contributed by atoms with Crippen LogP contribution < -0.4 is 5.32 Å². The van der Waals surface area contributed by atoms with E-state index in [1.54, 1.807) is 6.08 Å². The van der Waals surface area contributed by atoms with Crippen LogP contribution in [0.3, 0.4) is 0 Å². The molecule has 3 fully saturated rings. The van der Waals surface area contributed by atoms with Gasteiger partial charge in [0.15, 0.2) is 18.9 Å². The lowest BCUT2D eigenvalue weighted by atomic mass is 9.96. The highest BCUT2D eigenvalue weighted by Crippen LogP contribution is 2.33. The molecule has 17 unspecified atom stereocenters. The van der Waals surface area contributed by atoms with Crippen molar-refractivity contribution in [1.82, 2.24) is 5.32 Å². The number of aliphatic hydroxyl groups excluding tert-OH is 11. The molecule has 3 aliphatic heterocycles. The van der Waals surface area contributed by atoms with Crippen molar-refractivity contribution in [1.29, 1.82) is 0 Å². The molecule has 1 amide bonds. The Morgan fingerprint density at radius 1 is 0.314 bits per heavy atom. The summed E-state index contributed by atoms with van der Waals surface area (Å²) in [4.78, 5) is 13.5. The number of carbonyl (C=O) groups is 1. The first-order chi connectivity index (χ1) is 57.8. The average Bonchev–Trinajstić information content (AvgIpc) is 0.777. The van der Waals surface area contributed by atoms with Crippen molar-refractivity contribution in [3.8, 4) is 0 Å². The summed E-state index contributed by atoms with van der Waals surface area (Å²) in [6.07, 6.45) is 86.8. The lowest BCUT2D eigenvalue weighted by Crippen LogP contribution is -2.66. The summed E-state index contributed by atoms with van der Waals surface area (Å²) in [5, 5.41) is 121. The van der Waals surface area contributed by atoms with Crippen LogP contribution in [0, 0.1) is 0 Å². The maximum absolute atomic E-state index is 13.5. The fraction of sp³-hybridized carbons (Fsp3) is 0.727. The van der Waals surface area contributed by atoms with E-state index in [-0.39, 0.29) is 18.9 Å². The van der Waals surface area contributed by atoms with Gasteiger partial charge in [-0.05, 0) is 122 Å². The lowest BCUT2D eigenvalue weighted by molar-refractivity contribution is -0.379. The van der Waals surface area contributed by atoms with Gasteiger partial charge in [-0.2, -0.15) is 0 Å². The van der Waals surface area contributed by atoms with Gasteiger partial charge in [0.1, 0.15) is 73.2 Å². The van der Waals surface area contributed by atoms with Crippen LogP contribution in [0.25, 0.3) is 0 Å². The number of unbranched alkanes of at least 4 members (excludes halogenated alkanes) is 34. The van der Waals surface area contributed by atoms with E-state index in [1.165, 1.54) is 173 Å². The smallest absolute Gasteiger partial charge is 0.220 e. The minimum absolute atomic E-state index is 0.217. The van der Waals surface area contributed by atoms with Crippen molar-refractivity contribution >= 4 is 5.91 Å². The Hall–Kier alpha value is -4.59. The van der Waals surface area contributed by atoms with E-state index in [9.17, 15) is 61.0 Å². The van der Waals surface area contributed by atoms with Gasteiger partial charge in [0.25, 0.3) is 0 Å². The number of ether oxygens (including phenoxy) is 6. The first kappa shape index (κ1) is 108. The number of nitrogens with one attached hydrogen (secondary N) is 1. The number of aliphatic hydroxyl groups is 11. The molecule has 0 bridgehead atoms. The Kier molecular flexibility index (Phi) is 69.4. The Labute approximate surface area is 714 Å². The van der Waals surface area contributed by atoms with Crippen molar-refractivity contribution in [2.45, 2.75) is 433 Å². The molecule has 17 atom stereocenters. The van der Waals surface area contributed by atoms with Crippen LogP contribution in [0.4, 0.5) is 0 Å². The van der Waals surface area contributed by atoms with Gasteiger partial charge in [0.05, 0.1) is 38.6 Å². The molecular weight excluding hydrogens is 1490 g/mol. The van der Waals surface area contributed by atoms with E-state index in [0.29, 0.717) is 12.8 Å². The first-order valence-electron chi connectivity index (χ1n) is 46.7. The largest absolute Gasteiger partial charge is 0.394 e. The van der Waals surface area contributed by atoms with E-state index in [0.717, 1.165) is 122 Å². The summed E-state index contributed by atoms with van der Waals surface area (Å²) >= 11 is 0. The standard InChI is InChI=1S/C99H167NO18/c1-3-5-7-9-11-13-15-17-19-21-23-25-27-29-31-33-35-37-38-39-40-41-42-43-44-45-47-49-51-53-55-57-59-61-63-65-67-69-71-73-75-77-87(105)100-82(83(104)76-74-72-70-68-66-64-62-60-58-56-54-52-50-48-46-36-34-32-30-28-26-24-22-20-18-16-14-12-10-8-6-4-2)81-113-97-93(111)90(108)95(85(79-102)115-97)118-99-94(112)91(109)96(86(80-103)116-99)117-98-92(110)89(107)88(106)84(78-101)114-98/h5,7,11,13,17,19,23,25,29,31,35,37,39-40,42-43,45,47,51,53,58,60,66,68,74,76,82-86,88-99,101-104,106-112H,3-4,6,8-10,12,14-16,18,20-22,24,26-28,30,32-34,36,38,41,44,46,48-50,52,54-57,59,61-65,67,69-73,75,77-81H2,1-2H3,(H,100,105)/b7-5-,13-11-,19-17-,25-23-,31-29-,37-35-,40-39-,43-42-,47-45-,53-51-,60-58+,68-66+,76-74+. The van der Waals surface area contributed by atoms with Crippen molar-refractivity contribution in [2.24, 2.45) is 0 Å². The van der Waals surface area contributed by atoms with Crippen LogP contribution >= 0.6 is 0 Å². The van der Waals surface area contributed by atoms with Gasteiger partial charge in [0.2, 0.25) is 5.91 Å². The first-order valence-corrected chi connectivity index (χ1v) is 46.7. The predicted molar refractivity (Wildman–Crippen MR) is 479 cm³/mol. The van der Waals surface area contributed by atoms with Crippen LogP contribution in [0.15, 0.2) is 158 Å². The number of carbonyl (C=O) groups excluding carboxylic acids is 1. The normalized spacial score (nSPS) is 25.0. The summed E-state index contributed by atoms with van der Waals surface area (Å²) in [5.41, 5.74) is 0. The molecule has 0 aromatic carbocycles. The number of rotatable bonds is 74. The second kappa shape index (κ2) is 76.1. The van der Waals surface area contributed by atoms with Crippen molar-refractivity contribution < 1.29 is 89.4 Å². The molecule has 0 spiro atoms. The molecule has 0 aliphatic carbocycles. The summed E-state index contributed by atoms with van der Waals surface area (Å²) in [5.74, 6) is -0.298. The van der Waals surface area contributed by atoms with Crippen LogP contribution in [0.2, 0.25) is 0 Å². The van der Waals surface area contributed by atoms with Crippen LogP contribution in [0.1, 0.15) is 328 Å². The van der Waals surface area contributed by atoms with Gasteiger partial charge >= 0.3 is 0 Å². The molecular formula is C99H167NO18. The van der Waals surface area contributed by atoms with Crippen molar-refractivity contribution in [3.63, 3.8) is 0 Å². The number of allylic oxidation sites excluding steroid dienone is 25. The highest BCUT2D eigenvalue weighted by molar-refractivity contribution is 5.76. The molecule has 118 heavy (non-hydrogen) atoms. The van der Waals surface area contributed by atoms with Gasteiger partial charge in [-0.25, -0.2) is 0 Å². The summed E-state index contributed by atoms with van der Waals surface area (Å²) < 4.78 is 34.5. The van der Waals surface area contributed by atoms with E-state index in [4.69, 9.17) is 28.4 Å². The maximum Gasteiger partial charge on any atom is 0.220 e. The Balaban J connectivity index is 1.34. The molecule has 3 saturated heterocycles. The number of hydrogen-bond donors (Lipinski definition) is 12. The maximum atomic E-state index is 13.5. The molecule has 0 saturated carbocycles. The Morgan fingerprint density at radius 2 is 0.593 bits per heavy atom. The third-order valence-corrected chi connectivity index (χ3v) is 22.0. The molecule has 3 heterocycles. The van der Waals surface area contributed by atoms with E-state index < -0.39 is 124 Å². The Bertz CT molecular complexity index is 2750. The lowest BCUT2D eigenvalue weighted by Gasteiger charge is -2.48. The molecule has 0 aromatic rings. The van der Waals surface area contributed by atoms with Crippen LogP contribution in [0.5, 0.6) is 0 Å². The molecule has 676 valence electrons. The molecule has 0 radical (unpaired) electrons. The third-order valence-electron chi connectivity index (χ3n) is 22.0. The molecule has 3 rings (SSSR count). The van der Waals surface area contributed by atoms with E-state index in [2.05, 4.69) is 165 Å². The third kappa shape index (κ3) is 53.4. The Morgan fingerprint density at radius 3 is 0.949 bits per heavy atom. The van der Waals surface area contributed by atoms with Gasteiger partial charge < -0.3 is 89.9 Å². The highest BCUT2D eigenvalue weighted by atomic mass is 16.8. The fourth-order valence-corrected chi connectivity index (χ4v) is 14.7. The summed E-state index contributed by atoms with van der Waals surface area (Å²) in [6, 6.07) is -1.01. The zero-order chi connectivity index (χ0) is 85.2. The van der Waals surface area contributed by atoms with Crippen molar-refractivity contribution in [3.05, 3.63) is 158 Å². The van der Waals surface area contributed by atoms with Gasteiger partial charge in [-0.1, -0.05) is 358 Å². The minimum atomic E-state index is -1.99. The topological polar surface area (TPSA) is 307 Å². The van der Waals surface area contributed by atoms with Gasteiger partial charge in [0, 0.05) is 6.42 Å². The summed E-state index contributed by atoms with van der Waals surface area (Å²) in [7, 11) is 0. The number of hydrogen-bond acceptors (Lipinski definition) is 18. The predicted octanol–water partition coefficient (Wildman–Crippen LogP) is 18.7. The van der Waals surface area contributed by atoms with Crippen LogP contribution in [-0.4, -0.2) is 193 Å². The van der Waals surface area contributed by atoms with Gasteiger partial charge in [-0.15, -0.1) is 0 Å². The van der Waals surface area contributed by atoms with E-state index in [1.807, 2.05) is 6.08 Å². The van der Waals surface area contributed by atoms with Gasteiger partial charge in [-0.3, -0.25) is 4.79 Å². The monoisotopic (exact) mass is 1660 g/mol. The van der Waals surface area contributed by atoms with Crippen molar-refractivity contribution in [2.75, 3.05) is 26.4 Å². The average molecular weight is 1660 g/mol. The zero-order valence-electron chi connectivity index (χ0n) is 73.1. The molecule has 12 N–H and O–H groups in total. The molecule has 19 heteroatoms. The zero-order valence-corrected chi connectivity index (χ0v) is 73.1.